The summed E-state index contributed by atoms with van der Waals surface area (Å²) in [4.78, 5) is 49.0. The van der Waals surface area contributed by atoms with Gasteiger partial charge in [0.15, 0.2) is 0 Å². The molecule has 8 heteroatoms. The Balaban J connectivity index is 2.27. The number of carboxylic acids is 1. The summed E-state index contributed by atoms with van der Waals surface area (Å²) in [5, 5.41) is 12.1. The fraction of sp³-hybridized carbons (Fsp3) is 0.800. The average molecular weight is 326 g/mol. The molecule has 0 aromatic rings. The van der Waals surface area contributed by atoms with Crippen molar-refractivity contribution in [1.82, 2.24) is 4.90 Å². The van der Waals surface area contributed by atoms with Gasteiger partial charge >= 0.3 is 5.97 Å². The molecule has 2 aliphatic heterocycles. The Morgan fingerprint density at radius 2 is 1.87 bits per heavy atom. The third-order valence-electron chi connectivity index (χ3n) is 4.76. The van der Waals surface area contributed by atoms with Gasteiger partial charge in [-0.3, -0.25) is 9.59 Å². The maximum absolute atomic E-state index is 12.7. The van der Waals surface area contributed by atoms with Crippen molar-refractivity contribution in [1.29, 1.82) is 0 Å². The van der Waals surface area contributed by atoms with Crippen molar-refractivity contribution in [3.05, 3.63) is 4.91 Å². The summed E-state index contributed by atoms with van der Waals surface area (Å²) in [6, 6.07) is -1.04. The van der Waals surface area contributed by atoms with E-state index in [-0.39, 0.29) is 12.6 Å². The van der Waals surface area contributed by atoms with Gasteiger partial charge in [0.25, 0.3) is 17.4 Å². The molecule has 0 aromatic heterocycles. The first-order valence-corrected chi connectivity index (χ1v) is 7.94. The number of carbonyl (C=O) groups is 3. The van der Waals surface area contributed by atoms with Gasteiger partial charge in [-0.25, -0.2) is 4.79 Å². The van der Waals surface area contributed by atoms with Crippen LogP contribution in [0.1, 0.15) is 46.0 Å². The molecule has 0 radical (unpaired) electrons. The van der Waals surface area contributed by atoms with Gasteiger partial charge in [0, 0.05) is 12.5 Å². The number of hydrogen-bond acceptors (Lipinski definition) is 6. The van der Waals surface area contributed by atoms with E-state index in [1.165, 1.54) is 0 Å². The van der Waals surface area contributed by atoms with E-state index in [2.05, 4.69) is 5.18 Å². The fourth-order valence-corrected chi connectivity index (χ4v) is 3.31. The molecular weight excluding hydrogens is 304 g/mol. The van der Waals surface area contributed by atoms with Crippen LogP contribution in [0.25, 0.3) is 0 Å². The highest BCUT2D eigenvalue weighted by Crippen LogP contribution is 2.36. The molecule has 2 saturated heterocycles. The van der Waals surface area contributed by atoms with Crippen molar-refractivity contribution in [3.8, 4) is 0 Å². The van der Waals surface area contributed by atoms with Gasteiger partial charge in [0.05, 0.1) is 6.10 Å². The van der Waals surface area contributed by atoms with Gasteiger partial charge in [-0.1, -0.05) is 6.92 Å². The molecule has 0 aromatic carbocycles. The van der Waals surface area contributed by atoms with Crippen molar-refractivity contribution in [3.63, 3.8) is 0 Å². The zero-order valence-electron chi connectivity index (χ0n) is 13.4. The first-order chi connectivity index (χ1) is 10.8. The van der Waals surface area contributed by atoms with Gasteiger partial charge in [-0.2, -0.15) is 0 Å². The largest absolute Gasteiger partial charge is 0.480 e. The maximum Gasteiger partial charge on any atom is 0.326 e. The third kappa shape index (κ3) is 3.12. The van der Waals surface area contributed by atoms with Crippen molar-refractivity contribution in [2.24, 2.45) is 11.1 Å². The number of carbonyl (C=O) groups excluding carboxylic acids is 2. The van der Waals surface area contributed by atoms with E-state index in [1.807, 2.05) is 0 Å². The number of ether oxygens (including phenoxy) is 1. The van der Waals surface area contributed by atoms with Crippen LogP contribution in [0, 0.1) is 10.8 Å². The summed E-state index contributed by atoms with van der Waals surface area (Å²) in [5.41, 5.74) is -2.05. The van der Waals surface area contributed by atoms with E-state index in [9.17, 15) is 24.4 Å². The molecule has 4 unspecified atom stereocenters. The summed E-state index contributed by atoms with van der Waals surface area (Å²) in [6.45, 7) is 3.54. The smallest absolute Gasteiger partial charge is 0.326 e. The minimum atomic E-state index is -2.05. The van der Waals surface area contributed by atoms with Crippen LogP contribution in [0.4, 0.5) is 0 Å². The lowest BCUT2D eigenvalue weighted by molar-refractivity contribution is -0.181. The number of amides is 1. The number of nitroso groups, excluding NO2 is 1. The summed E-state index contributed by atoms with van der Waals surface area (Å²) in [7, 11) is 0. The zero-order chi connectivity index (χ0) is 17.2. The Bertz CT molecular complexity index is 522. The third-order valence-corrected chi connectivity index (χ3v) is 4.76. The molecule has 2 aliphatic rings. The van der Waals surface area contributed by atoms with Crippen LogP contribution in [0.3, 0.4) is 0 Å². The van der Waals surface area contributed by atoms with Crippen LogP contribution in [0.2, 0.25) is 0 Å². The molecule has 2 rings (SSSR count). The van der Waals surface area contributed by atoms with E-state index in [0.29, 0.717) is 32.1 Å². The van der Waals surface area contributed by atoms with Crippen LogP contribution in [-0.2, 0) is 19.1 Å². The Morgan fingerprint density at radius 3 is 2.48 bits per heavy atom. The monoisotopic (exact) mass is 326 g/mol. The summed E-state index contributed by atoms with van der Waals surface area (Å²) < 4.78 is 5.48. The molecule has 0 spiro atoms. The standard InChI is InChI=1S/C15H22N2O6/c1-9-6-7-10(2)23-15(9,16-22)12(18)13(19)17-8-4-3-5-11(17)14(20)21/h9-11H,3-8H2,1-2H3,(H,20,21). The van der Waals surface area contributed by atoms with Crippen molar-refractivity contribution >= 4 is 17.7 Å². The highest BCUT2D eigenvalue weighted by molar-refractivity contribution is 6.39. The zero-order valence-corrected chi connectivity index (χ0v) is 13.4. The average Bonchev–Trinajstić information content (AvgIpc) is 2.55. The SMILES string of the molecule is CC1CCC(C)C(N=O)(C(=O)C(=O)N2CCCCC2C(=O)O)O1. The molecular formula is C15H22N2O6. The molecule has 1 amide bonds. The van der Waals surface area contributed by atoms with Crippen LogP contribution >= 0.6 is 0 Å². The molecule has 4 atom stereocenters. The van der Waals surface area contributed by atoms with Gasteiger partial charge in [0.1, 0.15) is 6.04 Å². The Morgan fingerprint density at radius 1 is 1.17 bits per heavy atom. The molecule has 0 aliphatic carbocycles. The van der Waals surface area contributed by atoms with E-state index < -0.39 is 35.3 Å². The molecule has 2 fully saturated rings. The van der Waals surface area contributed by atoms with Crippen LogP contribution < -0.4 is 0 Å². The molecule has 1 N–H and O–H groups in total. The van der Waals surface area contributed by atoms with E-state index >= 15 is 0 Å². The molecule has 128 valence electrons. The Kier molecular flexibility index (Phi) is 5.13. The predicted molar refractivity (Wildman–Crippen MR) is 79.5 cm³/mol. The number of Topliss-reactive ketones (excluding diaryl/α,β-unsaturated/α-hetero) is 1. The van der Waals surface area contributed by atoms with Crippen LogP contribution in [-0.4, -0.2) is 52.1 Å². The molecule has 0 saturated carbocycles. The highest BCUT2D eigenvalue weighted by Gasteiger charge is 2.54. The summed E-state index contributed by atoms with van der Waals surface area (Å²) in [5.74, 6) is -3.72. The van der Waals surface area contributed by atoms with Crippen molar-refractivity contribution in [2.75, 3.05) is 6.54 Å². The second-order valence-corrected chi connectivity index (χ2v) is 6.37. The predicted octanol–water partition coefficient (Wildman–Crippen LogP) is 1.32. The lowest BCUT2D eigenvalue weighted by atomic mass is 9.85. The number of piperidine rings is 1. The minimum absolute atomic E-state index is 0.181. The number of rotatable bonds is 4. The van der Waals surface area contributed by atoms with Crippen molar-refractivity contribution < 1.29 is 24.2 Å². The Hall–Kier alpha value is -1.83. The van der Waals surface area contributed by atoms with Crippen molar-refractivity contribution in [2.45, 2.75) is 63.8 Å². The van der Waals surface area contributed by atoms with E-state index in [0.717, 1.165) is 4.90 Å². The highest BCUT2D eigenvalue weighted by atomic mass is 16.5. The lowest BCUT2D eigenvalue weighted by Crippen LogP contribution is -2.59. The minimum Gasteiger partial charge on any atom is -0.480 e. The number of ketones is 1. The fourth-order valence-electron chi connectivity index (χ4n) is 3.31. The number of hydrogen-bond donors (Lipinski definition) is 1. The van der Waals surface area contributed by atoms with Crippen LogP contribution in [0.5, 0.6) is 0 Å². The van der Waals surface area contributed by atoms with Crippen LogP contribution in [0.15, 0.2) is 5.18 Å². The first-order valence-electron chi connectivity index (χ1n) is 7.94. The normalized spacial score (nSPS) is 34.7. The lowest BCUT2D eigenvalue weighted by Gasteiger charge is -2.40. The molecule has 0 bridgehead atoms. The quantitative estimate of drug-likeness (QED) is 0.615. The number of carboxylic acid groups (broad SMARTS) is 1. The van der Waals surface area contributed by atoms with Gasteiger partial charge in [-0.05, 0) is 44.2 Å². The number of likely N-dealkylation sites (tertiary alicyclic amines) is 1. The first kappa shape index (κ1) is 17.5. The number of nitrogens with zero attached hydrogens (tertiary/aromatic N) is 2. The summed E-state index contributed by atoms with van der Waals surface area (Å²) >= 11 is 0. The molecule has 23 heavy (non-hydrogen) atoms. The van der Waals surface area contributed by atoms with E-state index in [1.54, 1.807) is 13.8 Å². The van der Waals surface area contributed by atoms with Gasteiger partial charge < -0.3 is 14.7 Å². The molecule has 8 nitrogen and oxygen atoms in total. The van der Waals surface area contributed by atoms with Gasteiger partial charge in [-0.15, -0.1) is 4.91 Å². The topological polar surface area (TPSA) is 113 Å². The maximum atomic E-state index is 12.7. The Labute approximate surface area is 134 Å². The molecule has 2 heterocycles. The van der Waals surface area contributed by atoms with Gasteiger partial charge in [0.2, 0.25) is 0 Å². The summed E-state index contributed by atoms with van der Waals surface area (Å²) in [6.07, 6.45) is 2.43. The van der Waals surface area contributed by atoms with E-state index in [4.69, 9.17) is 4.74 Å². The number of aliphatic carboxylic acids is 1. The second kappa shape index (κ2) is 6.74. The second-order valence-electron chi connectivity index (χ2n) is 6.37.